The number of rotatable bonds is 5. The molecule has 1 N–H and O–H groups in total. The van der Waals surface area contributed by atoms with Crippen molar-refractivity contribution in [3.05, 3.63) is 35.9 Å². The molecular weight excluding hydrogens is 387 g/mol. The second-order valence-electron chi connectivity index (χ2n) is 3.69. The second kappa shape index (κ2) is 9.46. The molecule has 2 rings (SSSR count). The SMILES string of the molecule is COCCNC1(c2ccccc2)SSSSSSC1=S. The van der Waals surface area contributed by atoms with Gasteiger partial charge in [0, 0.05) is 13.7 Å². The maximum absolute atomic E-state index is 5.70. The van der Waals surface area contributed by atoms with E-state index in [1.165, 1.54) is 5.56 Å². The molecule has 1 aromatic rings. The number of benzene rings is 1. The van der Waals surface area contributed by atoms with Crippen molar-refractivity contribution in [2.45, 2.75) is 4.87 Å². The summed E-state index contributed by atoms with van der Waals surface area (Å²) in [5, 5.41) is 3.59. The van der Waals surface area contributed by atoms with Gasteiger partial charge >= 0.3 is 0 Å². The van der Waals surface area contributed by atoms with E-state index in [2.05, 4.69) is 29.6 Å². The van der Waals surface area contributed by atoms with E-state index in [1.54, 1.807) is 68.0 Å². The first-order chi connectivity index (χ1) is 9.79. The first-order valence-corrected chi connectivity index (χ1v) is 13.5. The molecule has 0 aromatic heterocycles. The van der Waals surface area contributed by atoms with E-state index in [9.17, 15) is 0 Å². The van der Waals surface area contributed by atoms with Gasteiger partial charge in [0.25, 0.3) is 0 Å². The fraction of sp³-hybridized carbons (Fsp3) is 0.364. The lowest BCUT2D eigenvalue weighted by atomic mass is 10.1. The van der Waals surface area contributed by atoms with Crippen LogP contribution in [0.3, 0.4) is 0 Å². The van der Waals surface area contributed by atoms with E-state index in [-0.39, 0.29) is 4.87 Å². The van der Waals surface area contributed by atoms with Crippen LogP contribution in [0.25, 0.3) is 0 Å². The fourth-order valence-electron chi connectivity index (χ4n) is 1.60. The van der Waals surface area contributed by atoms with Gasteiger partial charge in [0.05, 0.1) is 10.8 Å². The van der Waals surface area contributed by atoms with Crippen LogP contribution in [0, 0.1) is 0 Å². The van der Waals surface area contributed by atoms with Crippen molar-refractivity contribution >= 4 is 77.3 Å². The Morgan fingerprint density at radius 1 is 1.15 bits per heavy atom. The summed E-state index contributed by atoms with van der Waals surface area (Å²) in [6.07, 6.45) is 0. The summed E-state index contributed by atoms with van der Waals surface area (Å²) >= 11 is 5.70. The van der Waals surface area contributed by atoms with Gasteiger partial charge in [-0.25, -0.2) is 0 Å². The third-order valence-electron chi connectivity index (χ3n) is 2.50. The number of methoxy groups -OCH3 is 1. The summed E-state index contributed by atoms with van der Waals surface area (Å²) in [6, 6.07) is 10.4. The standard InChI is InChI=1S/C11H13NOS7/c1-13-8-7-12-11(9-5-3-2-4-6-9)10(14)15-17-19-20-18-16-11/h2-6,12H,7-8H2,1H3. The van der Waals surface area contributed by atoms with E-state index in [4.69, 9.17) is 17.0 Å². The largest absolute Gasteiger partial charge is 0.383 e. The molecule has 1 unspecified atom stereocenters. The Hall–Kier alpha value is 1.33. The maximum atomic E-state index is 5.70. The molecule has 1 heterocycles. The Labute approximate surface area is 147 Å². The molecule has 0 aliphatic carbocycles. The average Bonchev–Trinajstić information content (AvgIpc) is 2.47. The summed E-state index contributed by atoms with van der Waals surface area (Å²) in [4.78, 5) is -0.356. The fourth-order valence-corrected chi connectivity index (χ4v) is 15.1. The molecule has 2 nitrogen and oxygen atoms in total. The lowest BCUT2D eigenvalue weighted by molar-refractivity contribution is 0.197. The van der Waals surface area contributed by atoms with Crippen molar-refractivity contribution in [3.8, 4) is 0 Å². The minimum Gasteiger partial charge on any atom is -0.383 e. The number of nitrogens with one attached hydrogen (secondary N) is 1. The molecule has 0 bridgehead atoms. The molecule has 110 valence electrons. The number of thiocarbonyl (C=S) groups is 1. The van der Waals surface area contributed by atoms with Gasteiger partial charge in [0.2, 0.25) is 0 Å². The van der Waals surface area contributed by atoms with Crippen molar-refractivity contribution < 1.29 is 4.74 Å². The molecular formula is C11H13NOS7. The topological polar surface area (TPSA) is 21.3 Å². The minimum atomic E-state index is -0.356. The van der Waals surface area contributed by atoms with Crippen molar-refractivity contribution in [1.82, 2.24) is 5.32 Å². The van der Waals surface area contributed by atoms with Crippen LogP contribution in [0.4, 0.5) is 0 Å². The van der Waals surface area contributed by atoms with Gasteiger partial charge in [0.15, 0.2) is 0 Å². The van der Waals surface area contributed by atoms with Crippen LogP contribution in [0.15, 0.2) is 30.3 Å². The zero-order valence-corrected chi connectivity index (χ0v) is 16.3. The first-order valence-electron chi connectivity index (χ1n) is 5.66. The van der Waals surface area contributed by atoms with Gasteiger partial charge < -0.3 is 4.74 Å². The first kappa shape index (κ1) is 17.7. The molecule has 0 spiro atoms. The van der Waals surface area contributed by atoms with Crippen LogP contribution in [0.5, 0.6) is 0 Å². The molecule has 0 saturated carbocycles. The molecule has 1 atom stereocenters. The van der Waals surface area contributed by atoms with E-state index >= 15 is 0 Å². The number of hydrogen-bond donors (Lipinski definition) is 1. The number of hydrogen-bond acceptors (Lipinski definition) is 9. The van der Waals surface area contributed by atoms with Gasteiger partial charge in [-0.15, -0.1) is 0 Å². The molecule has 1 fully saturated rings. The highest BCUT2D eigenvalue weighted by Crippen LogP contribution is 2.62. The van der Waals surface area contributed by atoms with Crippen molar-refractivity contribution in [3.63, 3.8) is 0 Å². The molecule has 20 heavy (non-hydrogen) atoms. The predicted molar refractivity (Wildman–Crippen MR) is 106 cm³/mol. The highest BCUT2D eigenvalue weighted by Gasteiger charge is 2.39. The predicted octanol–water partition coefficient (Wildman–Crippen LogP) is 5.39. The maximum Gasteiger partial charge on any atom is 0.144 e. The minimum absolute atomic E-state index is 0.356. The zero-order valence-electron chi connectivity index (χ0n) is 10.6. The van der Waals surface area contributed by atoms with E-state index in [0.29, 0.717) is 6.61 Å². The van der Waals surface area contributed by atoms with E-state index < -0.39 is 0 Å². The number of ether oxygens (including phenoxy) is 1. The summed E-state index contributed by atoms with van der Waals surface area (Å²) in [6.45, 7) is 1.43. The summed E-state index contributed by atoms with van der Waals surface area (Å²) in [7, 11) is 12.2. The molecule has 1 saturated heterocycles. The lowest BCUT2D eigenvalue weighted by Crippen LogP contribution is -2.45. The molecule has 0 radical (unpaired) electrons. The van der Waals surface area contributed by atoms with Crippen molar-refractivity contribution in [2.24, 2.45) is 0 Å². The Balaban J connectivity index is 2.27. The summed E-state index contributed by atoms with van der Waals surface area (Å²) in [5.41, 5.74) is 1.19. The van der Waals surface area contributed by atoms with Crippen molar-refractivity contribution in [2.75, 3.05) is 20.3 Å². The van der Waals surface area contributed by atoms with Crippen LogP contribution >= 0.6 is 73.1 Å². The van der Waals surface area contributed by atoms with Gasteiger partial charge in [-0.3, -0.25) is 5.32 Å². The molecule has 1 aliphatic rings. The normalized spacial score (nSPS) is 24.1. The van der Waals surface area contributed by atoms with Crippen molar-refractivity contribution in [1.29, 1.82) is 0 Å². The van der Waals surface area contributed by atoms with Gasteiger partial charge in [-0.05, 0) is 66.5 Å². The van der Waals surface area contributed by atoms with Gasteiger partial charge in [-0.2, -0.15) is 0 Å². The van der Waals surface area contributed by atoms with Crippen LogP contribution in [0.2, 0.25) is 0 Å². The Bertz CT molecular complexity index is 432. The molecule has 9 heteroatoms. The highest BCUT2D eigenvalue weighted by atomic mass is 33.9. The summed E-state index contributed by atoms with van der Waals surface area (Å²) in [5.74, 6) is 0. The van der Waals surface area contributed by atoms with Crippen LogP contribution in [-0.2, 0) is 9.61 Å². The Kier molecular flexibility index (Phi) is 8.37. The average molecular weight is 400 g/mol. The quantitative estimate of drug-likeness (QED) is 0.396. The highest BCUT2D eigenvalue weighted by molar-refractivity contribution is 9.43. The van der Waals surface area contributed by atoms with Gasteiger partial charge in [0.1, 0.15) is 4.87 Å². The third-order valence-corrected chi connectivity index (χ3v) is 14.6. The Morgan fingerprint density at radius 2 is 1.90 bits per heavy atom. The summed E-state index contributed by atoms with van der Waals surface area (Å²) < 4.78 is 6.12. The van der Waals surface area contributed by atoms with Crippen LogP contribution in [-0.4, -0.2) is 24.5 Å². The molecule has 1 aromatic carbocycles. The smallest absolute Gasteiger partial charge is 0.144 e. The van der Waals surface area contributed by atoms with Crippen LogP contribution in [0.1, 0.15) is 5.56 Å². The molecule has 0 amide bonds. The van der Waals surface area contributed by atoms with E-state index in [1.807, 2.05) is 6.07 Å². The second-order valence-corrected chi connectivity index (χ2v) is 13.8. The zero-order chi connectivity index (χ0) is 14.3. The van der Waals surface area contributed by atoms with Gasteiger partial charge in [-0.1, -0.05) is 42.5 Å². The Morgan fingerprint density at radius 3 is 2.65 bits per heavy atom. The van der Waals surface area contributed by atoms with E-state index in [0.717, 1.165) is 10.7 Å². The monoisotopic (exact) mass is 399 g/mol. The molecule has 1 aliphatic heterocycles. The van der Waals surface area contributed by atoms with Crippen LogP contribution < -0.4 is 5.32 Å². The lowest BCUT2D eigenvalue weighted by Gasteiger charge is -2.34. The third kappa shape index (κ3) is 4.66.